The Morgan fingerprint density at radius 1 is 0.975 bits per heavy atom. The van der Waals surface area contributed by atoms with Gasteiger partial charge >= 0.3 is 5.97 Å². The molecule has 0 unspecified atom stereocenters. The lowest BCUT2D eigenvalue weighted by molar-refractivity contribution is -0.143. The molecule has 3 atom stereocenters. The molecule has 0 aliphatic carbocycles. The van der Waals surface area contributed by atoms with E-state index >= 15 is 0 Å². The number of carbonyl (C=O) groups is 4. The summed E-state index contributed by atoms with van der Waals surface area (Å²) in [4.78, 5) is 54.9. The monoisotopic (exact) mass is 554 g/mol. The number of carboxylic acids is 1. The fraction of sp³-hybridized carbons (Fsp3) is 0.548. The van der Waals surface area contributed by atoms with E-state index in [2.05, 4.69) is 5.32 Å². The summed E-state index contributed by atoms with van der Waals surface area (Å²) in [6.45, 7) is 14.3. The molecular formula is C31H46N4O5. The topological polar surface area (TPSA) is 112 Å². The quantitative estimate of drug-likeness (QED) is 0.409. The predicted octanol–water partition coefficient (Wildman–Crippen LogP) is 3.96. The first-order valence-corrected chi connectivity index (χ1v) is 13.7. The molecule has 9 heteroatoms. The lowest BCUT2D eigenvalue weighted by Gasteiger charge is -2.40. The Hall–Kier alpha value is -3.62. The van der Waals surface area contributed by atoms with E-state index in [0.29, 0.717) is 0 Å². The minimum absolute atomic E-state index is 0.0614. The molecule has 3 amide bonds. The number of nitrogens with one attached hydrogen (secondary N) is 1. The number of aliphatic carboxylic acids is 1. The van der Waals surface area contributed by atoms with E-state index in [-0.39, 0.29) is 29.2 Å². The zero-order chi connectivity index (χ0) is 30.7. The van der Waals surface area contributed by atoms with Crippen LogP contribution in [0, 0.1) is 11.8 Å². The third-order valence-electron chi connectivity index (χ3n) is 7.87. The summed E-state index contributed by atoms with van der Waals surface area (Å²) in [5, 5.41) is 13.3. The molecule has 40 heavy (non-hydrogen) atoms. The molecule has 0 aliphatic heterocycles. The highest BCUT2D eigenvalue weighted by Gasteiger charge is 2.44. The number of aromatic nitrogens is 1. The van der Waals surface area contributed by atoms with Gasteiger partial charge in [-0.2, -0.15) is 0 Å². The minimum Gasteiger partial charge on any atom is -0.478 e. The largest absolute Gasteiger partial charge is 0.478 e. The van der Waals surface area contributed by atoms with Crippen LogP contribution in [-0.2, 0) is 31.6 Å². The number of fused-ring (bicyclic) bond motifs is 1. The Morgan fingerprint density at radius 3 is 2.05 bits per heavy atom. The summed E-state index contributed by atoms with van der Waals surface area (Å²) in [6, 6.07) is 5.63. The first-order valence-electron chi connectivity index (χ1n) is 13.7. The number of carboxylic acid groups (broad SMARTS) is 1. The van der Waals surface area contributed by atoms with Crippen molar-refractivity contribution in [1.82, 2.24) is 19.7 Å². The molecule has 0 aliphatic rings. The molecule has 220 valence electrons. The molecule has 2 N–H and O–H groups in total. The lowest BCUT2D eigenvalue weighted by Crippen LogP contribution is -2.61. The number of likely N-dealkylation sites (N-methyl/N-ethyl adjacent to an activating group) is 2. The number of rotatable bonds is 11. The van der Waals surface area contributed by atoms with Crippen molar-refractivity contribution in [3.8, 4) is 0 Å². The summed E-state index contributed by atoms with van der Waals surface area (Å²) in [5.74, 6) is -2.41. The fourth-order valence-corrected chi connectivity index (χ4v) is 5.36. The Balaban J connectivity index is 2.52. The standard InChI is InChI=1S/C31H46N4O5/c1-18(2)25(16-20(5)30(39)40)35(11)29(38)26(19(3)4)32-28(37)27(34(10)21(6)36)31(7,8)23-17-33(9)24-15-13-12-14-22(23)24/h12-19,25-27H,1-11H3,(H,32,37)(H,39,40)/b20-16+/t25-,26+,27-/m1/s1. The molecule has 0 radical (unpaired) electrons. The maximum absolute atomic E-state index is 14.1. The van der Waals surface area contributed by atoms with Crippen molar-refractivity contribution in [1.29, 1.82) is 0 Å². The maximum atomic E-state index is 14.1. The van der Waals surface area contributed by atoms with E-state index in [4.69, 9.17) is 0 Å². The van der Waals surface area contributed by atoms with Crippen LogP contribution in [0.25, 0.3) is 10.9 Å². The zero-order valence-corrected chi connectivity index (χ0v) is 25.8. The number of amides is 3. The Morgan fingerprint density at radius 2 is 1.55 bits per heavy atom. The average molecular weight is 555 g/mol. The third kappa shape index (κ3) is 6.74. The maximum Gasteiger partial charge on any atom is 0.331 e. The van der Waals surface area contributed by atoms with Crippen molar-refractivity contribution in [2.45, 2.75) is 78.9 Å². The molecule has 9 nitrogen and oxygen atoms in total. The number of carbonyl (C=O) groups excluding carboxylic acids is 3. The first kappa shape index (κ1) is 32.6. The van der Waals surface area contributed by atoms with Crippen molar-refractivity contribution >= 4 is 34.6 Å². The second kappa shape index (κ2) is 12.7. The van der Waals surface area contributed by atoms with Crippen LogP contribution in [0.15, 0.2) is 42.1 Å². The molecule has 0 saturated heterocycles. The molecule has 1 heterocycles. The number of aryl methyl sites for hydroxylation is 1. The van der Waals surface area contributed by atoms with E-state index in [1.54, 1.807) is 20.2 Å². The normalized spacial score (nSPS) is 14.7. The smallest absolute Gasteiger partial charge is 0.331 e. The van der Waals surface area contributed by atoms with Gasteiger partial charge in [-0.25, -0.2) is 4.79 Å². The highest BCUT2D eigenvalue weighted by molar-refractivity contribution is 5.94. The van der Waals surface area contributed by atoms with E-state index < -0.39 is 35.4 Å². The van der Waals surface area contributed by atoms with Gasteiger partial charge in [-0.05, 0) is 30.4 Å². The molecule has 0 saturated carbocycles. The van der Waals surface area contributed by atoms with Crippen LogP contribution in [0.1, 0.15) is 61.0 Å². The van der Waals surface area contributed by atoms with Crippen molar-refractivity contribution in [2.24, 2.45) is 18.9 Å². The van der Waals surface area contributed by atoms with Crippen molar-refractivity contribution < 1.29 is 24.3 Å². The lowest BCUT2D eigenvalue weighted by atomic mass is 9.76. The number of nitrogens with zero attached hydrogens (tertiary/aromatic N) is 3. The zero-order valence-electron chi connectivity index (χ0n) is 25.8. The van der Waals surface area contributed by atoms with Gasteiger partial charge in [0.25, 0.3) is 0 Å². The second-order valence-electron chi connectivity index (χ2n) is 12.0. The summed E-state index contributed by atoms with van der Waals surface area (Å²) in [7, 11) is 5.17. The molecule has 0 bridgehead atoms. The number of hydrogen-bond donors (Lipinski definition) is 2. The van der Waals surface area contributed by atoms with Gasteiger partial charge in [-0.3, -0.25) is 14.4 Å². The minimum atomic E-state index is -1.05. The molecule has 0 spiro atoms. The number of para-hydroxylation sites is 1. The van der Waals surface area contributed by atoms with E-state index in [1.807, 2.05) is 83.6 Å². The Labute approximate surface area is 238 Å². The Bertz CT molecular complexity index is 1290. The van der Waals surface area contributed by atoms with Gasteiger partial charge in [0.1, 0.15) is 12.1 Å². The highest BCUT2D eigenvalue weighted by Crippen LogP contribution is 2.36. The van der Waals surface area contributed by atoms with Crippen molar-refractivity contribution in [2.75, 3.05) is 14.1 Å². The predicted molar refractivity (Wildman–Crippen MR) is 158 cm³/mol. The van der Waals surface area contributed by atoms with Crippen LogP contribution < -0.4 is 5.32 Å². The van der Waals surface area contributed by atoms with Gasteiger partial charge < -0.3 is 24.8 Å². The molecule has 1 aromatic heterocycles. The second-order valence-corrected chi connectivity index (χ2v) is 12.0. The summed E-state index contributed by atoms with van der Waals surface area (Å²) >= 11 is 0. The molecule has 2 rings (SSSR count). The van der Waals surface area contributed by atoms with Gasteiger partial charge in [-0.1, -0.05) is 65.8 Å². The van der Waals surface area contributed by atoms with Crippen LogP contribution in [-0.4, -0.2) is 75.4 Å². The average Bonchev–Trinajstić information content (AvgIpc) is 3.21. The summed E-state index contributed by atoms with van der Waals surface area (Å²) in [6.07, 6.45) is 3.56. The van der Waals surface area contributed by atoms with Crippen molar-refractivity contribution in [3.05, 3.63) is 47.7 Å². The Kier molecular flexibility index (Phi) is 10.3. The van der Waals surface area contributed by atoms with E-state index in [0.717, 1.165) is 16.5 Å². The van der Waals surface area contributed by atoms with Crippen LogP contribution in [0.3, 0.4) is 0 Å². The van der Waals surface area contributed by atoms with Gasteiger partial charge in [0.05, 0.1) is 6.04 Å². The van der Waals surface area contributed by atoms with Crippen LogP contribution in [0.5, 0.6) is 0 Å². The van der Waals surface area contributed by atoms with Crippen molar-refractivity contribution in [3.63, 3.8) is 0 Å². The summed E-state index contributed by atoms with van der Waals surface area (Å²) in [5.41, 5.74) is 1.25. The van der Waals surface area contributed by atoms with Gasteiger partial charge in [-0.15, -0.1) is 0 Å². The van der Waals surface area contributed by atoms with Crippen LogP contribution in [0.4, 0.5) is 0 Å². The van der Waals surface area contributed by atoms with Gasteiger partial charge in [0, 0.05) is 56.2 Å². The molecule has 0 fully saturated rings. The molecule has 1 aromatic carbocycles. The highest BCUT2D eigenvalue weighted by atomic mass is 16.4. The first-order chi connectivity index (χ1) is 18.4. The molecular weight excluding hydrogens is 508 g/mol. The van der Waals surface area contributed by atoms with E-state index in [1.165, 1.54) is 23.6 Å². The van der Waals surface area contributed by atoms with Crippen LogP contribution >= 0.6 is 0 Å². The third-order valence-corrected chi connectivity index (χ3v) is 7.87. The summed E-state index contributed by atoms with van der Waals surface area (Å²) < 4.78 is 2.00. The van der Waals surface area contributed by atoms with Crippen LogP contribution in [0.2, 0.25) is 0 Å². The fourth-order valence-electron chi connectivity index (χ4n) is 5.36. The SMILES string of the molecule is CC(=O)N(C)[C@H](C(=O)N[C@H](C(=O)N(C)[C@H](/C=C(\C)C(=O)O)C(C)C)C(C)C)C(C)(C)c1cn(C)c2ccccc12. The van der Waals surface area contributed by atoms with Gasteiger partial charge in [0.15, 0.2) is 0 Å². The number of hydrogen-bond acceptors (Lipinski definition) is 4. The number of benzene rings is 1. The van der Waals surface area contributed by atoms with E-state index in [9.17, 15) is 24.3 Å². The molecule has 2 aromatic rings. The van der Waals surface area contributed by atoms with Gasteiger partial charge in [0.2, 0.25) is 17.7 Å².